The normalized spacial score (nSPS) is 13.1. The summed E-state index contributed by atoms with van der Waals surface area (Å²) in [6, 6.07) is 9.72. The van der Waals surface area contributed by atoms with Gasteiger partial charge in [0.2, 0.25) is 0 Å². The van der Waals surface area contributed by atoms with Crippen molar-refractivity contribution in [3.05, 3.63) is 48.6 Å². The van der Waals surface area contributed by atoms with E-state index in [1.807, 2.05) is 30.3 Å². The first-order valence-corrected chi connectivity index (χ1v) is 6.14. The number of ether oxygens (including phenoxy) is 1. The van der Waals surface area contributed by atoms with Gasteiger partial charge in [0.1, 0.15) is 12.5 Å². The third-order valence-electron chi connectivity index (χ3n) is 2.73. The molecule has 0 saturated carbocycles. The van der Waals surface area contributed by atoms with E-state index in [0.717, 1.165) is 5.56 Å². The fraction of sp³-hybridized carbons (Fsp3) is 0.312. The van der Waals surface area contributed by atoms with Crippen LogP contribution < -0.4 is 0 Å². The summed E-state index contributed by atoms with van der Waals surface area (Å²) in [7, 11) is 0. The molecule has 0 aliphatic carbocycles. The van der Waals surface area contributed by atoms with E-state index in [4.69, 9.17) is 11.2 Å². The molecule has 3 heteroatoms. The average molecular weight is 258 g/mol. The lowest BCUT2D eigenvalue weighted by atomic mass is 9.97. The van der Waals surface area contributed by atoms with Gasteiger partial charge in [-0.25, -0.2) is 0 Å². The van der Waals surface area contributed by atoms with Gasteiger partial charge >= 0.3 is 5.97 Å². The predicted octanol–water partition coefficient (Wildman–Crippen LogP) is 1.96. The largest absolute Gasteiger partial charge is 0.460 e. The van der Waals surface area contributed by atoms with Crippen LogP contribution in [0.25, 0.3) is 0 Å². The molecular formula is C16H18O3. The first kappa shape index (κ1) is 15.0. The molecule has 1 aromatic carbocycles. The van der Waals surface area contributed by atoms with Crippen LogP contribution in [0, 0.1) is 18.3 Å². The summed E-state index contributed by atoms with van der Waals surface area (Å²) in [6.07, 6.45) is 6.92. The first-order valence-electron chi connectivity index (χ1n) is 6.14. The highest BCUT2D eigenvalue weighted by Gasteiger charge is 2.25. The van der Waals surface area contributed by atoms with Crippen LogP contribution in [0.1, 0.15) is 12.0 Å². The topological polar surface area (TPSA) is 46.5 Å². The molecule has 0 aliphatic heterocycles. The zero-order chi connectivity index (χ0) is 14.1. The maximum atomic E-state index is 11.6. The highest BCUT2D eigenvalue weighted by atomic mass is 16.5. The van der Waals surface area contributed by atoms with E-state index in [2.05, 4.69) is 12.5 Å². The van der Waals surface area contributed by atoms with Crippen molar-refractivity contribution in [2.24, 2.45) is 5.92 Å². The van der Waals surface area contributed by atoms with Crippen LogP contribution in [0.3, 0.4) is 0 Å². The third kappa shape index (κ3) is 4.99. The smallest absolute Gasteiger partial charge is 0.324 e. The Morgan fingerprint density at radius 3 is 2.74 bits per heavy atom. The van der Waals surface area contributed by atoms with Crippen molar-refractivity contribution in [3.63, 3.8) is 0 Å². The number of carbonyl (C=O) groups excluding carboxylic acids is 1. The molecule has 100 valence electrons. The Labute approximate surface area is 113 Å². The summed E-state index contributed by atoms with van der Waals surface area (Å²) >= 11 is 0. The van der Waals surface area contributed by atoms with Crippen molar-refractivity contribution in [2.45, 2.75) is 18.9 Å². The number of hydrogen-bond donors (Lipinski definition) is 1. The van der Waals surface area contributed by atoms with Crippen LogP contribution in [-0.4, -0.2) is 23.8 Å². The molecule has 2 atom stereocenters. The molecule has 0 amide bonds. The summed E-state index contributed by atoms with van der Waals surface area (Å²) in [6.45, 7) is 3.55. The number of aryl methyl sites for hydroxylation is 1. The second kappa shape index (κ2) is 8.12. The molecule has 0 bridgehead atoms. The van der Waals surface area contributed by atoms with Gasteiger partial charge in [-0.05, 0) is 18.4 Å². The lowest BCUT2D eigenvalue weighted by Crippen LogP contribution is -2.29. The van der Waals surface area contributed by atoms with Gasteiger partial charge in [0, 0.05) is 0 Å². The Bertz CT molecular complexity index is 445. The molecule has 1 rings (SSSR count). The fourth-order valence-electron chi connectivity index (χ4n) is 1.69. The highest BCUT2D eigenvalue weighted by molar-refractivity contribution is 5.76. The number of aliphatic hydroxyl groups excluding tert-OH is 1. The Morgan fingerprint density at radius 2 is 2.16 bits per heavy atom. The van der Waals surface area contributed by atoms with Gasteiger partial charge in [-0.3, -0.25) is 4.79 Å². The van der Waals surface area contributed by atoms with Crippen molar-refractivity contribution in [3.8, 4) is 12.3 Å². The summed E-state index contributed by atoms with van der Waals surface area (Å²) < 4.78 is 4.86. The van der Waals surface area contributed by atoms with E-state index in [9.17, 15) is 9.90 Å². The van der Waals surface area contributed by atoms with Crippen molar-refractivity contribution in [1.82, 2.24) is 0 Å². The zero-order valence-corrected chi connectivity index (χ0v) is 10.8. The molecule has 19 heavy (non-hydrogen) atoms. The minimum Gasteiger partial charge on any atom is -0.460 e. The van der Waals surface area contributed by atoms with E-state index in [1.54, 1.807) is 0 Å². The molecule has 1 aromatic rings. The first-order chi connectivity index (χ1) is 9.19. The molecule has 0 unspecified atom stereocenters. The van der Waals surface area contributed by atoms with Crippen molar-refractivity contribution >= 4 is 5.97 Å². The second-order valence-corrected chi connectivity index (χ2v) is 4.15. The molecule has 0 fully saturated rings. The Balaban J connectivity index is 2.50. The van der Waals surface area contributed by atoms with Crippen molar-refractivity contribution < 1.29 is 14.6 Å². The predicted molar refractivity (Wildman–Crippen MR) is 74.2 cm³/mol. The Kier molecular flexibility index (Phi) is 6.42. The monoisotopic (exact) mass is 258 g/mol. The van der Waals surface area contributed by atoms with Crippen molar-refractivity contribution in [2.75, 3.05) is 6.61 Å². The molecule has 0 radical (unpaired) electrons. The number of carbonyl (C=O) groups is 1. The Hall–Kier alpha value is -2.05. The van der Waals surface area contributed by atoms with E-state index < -0.39 is 18.0 Å². The minimum absolute atomic E-state index is 0.0996. The maximum absolute atomic E-state index is 11.6. The zero-order valence-electron chi connectivity index (χ0n) is 10.8. The molecule has 0 aliphatic rings. The minimum atomic E-state index is -0.927. The van der Waals surface area contributed by atoms with Crippen LogP contribution in [0.5, 0.6) is 0 Å². The highest BCUT2D eigenvalue weighted by Crippen LogP contribution is 2.13. The molecule has 0 aromatic heterocycles. The number of rotatable bonds is 7. The van der Waals surface area contributed by atoms with E-state index in [1.165, 1.54) is 6.08 Å². The summed E-state index contributed by atoms with van der Waals surface area (Å²) in [5.41, 5.74) is 1.09. The molecule has 0 spiro atoms. The fourth-order valence-corrected chi connectivity index (χ4v) is 1.69. The van der Waals surface area contributed by atoms with Gasteiger partial charge in [0.25, 0.3) is 0 Å². The van der Waals surface area contributed by atoms with E-state index >= 15 is 0 Å². The van der Waals surface area contributed by atoms with E-state index in [-0.39, 0.29) is 6.61 Å². The van der Waals surface area contributed by atoms with Gasteiger partial charge in [-0.1, -0.05) is 48.9 Å². The summed E-state index contributed by atoms with van der Waals surface area (Å²) in [5.74, 6) is 0.780. The SMILES string of the molecule is C#C[C@H](C(=O)OCC=C)[C@@H](O)CCc1ccccc1. The molecule has 1 N–H and O–H groups in total. The molecule has 0 heterocycles. The Morgan fingerprint density at radius 1 is 1.47 bits per heavy atom. The van der Waals surface area contributed by atoms with Crippen LogP contribution >= 0.6 is 0 Å². The number of hydrogen-bond acceptors (Lipinski definition) is 3. The van der Waals surface area contributed by atoms with Gasteiger partial charge in [0.15, 0.2) is 0 Å². The van der Waals surface area contributed by atoms with Gasteiger partial charge in [0.05, 0.1) is 6.10 Å². The van der Waals surface area contributed by atoms with Crippen LogP contribution in [-0.2, 0) is 16.0 Å². The number of terminal acetylenes is 1. The van der Waals surface area contributed by atoms with Gasteiger partial charge in [-0.15, -0.1) is 6.42 Å². The standard InChI is InChI=1S/C16H18O3/c1-3-12-19-16(18)14(4-2)15(17)11-10-13-8-6-5-7-9-13/h2-3,5-9,14-15,17H,1,10-12H2/t14-,15-/m0/s1. The second-order valence-electron chi connectivity index (χ2n) is 4.15. The lowest BCUT2D eigenvalue weighted by Gasteiger charge is -2.16. The number of benzene rings is 1. The van der Waals surface area contributed by atoms with Crippen LogP contribution in [0.2, 0.25) is 0 Å². The lowest BCUT2D eigenvalue weighted by molar-refractivity contribution is -0.148. The quantitative estimate of drug-likeness (QED) is 0.462. The van der Waals surface area contributed by atoms with Gasteiger partial charge in [-0.2, -0.15) is 0 Å². The van der Waals surface area contributed by atoms with Crippen LogP contribution in [0.4, 0.5) is 0 Å². The number of aliphatic hydroxyl groups is 1. The third-order valence-corrected chi connectivity index (χ3v) is 2.73. The molecule has 0 saturated heterocycles. The molecule has 3 nitrogen and oxygen atoms in total. The summed E-state index contributed by atoms with van der Waals surface area (Å²) in [5, 5.41) is 9.97. The van der Waals surface area contributed by atoms with Gasteiger partial charge < -0.3 is 9.84 Å². The maximum Gasteiger partial charge on any atom is 0.324 e. The molecular weight excluding hydrogens is 240 g/mol. The van der Waals surface area contributed by atoms with Crippen LogP contribution in [0.15, 0.2) is 43.0 Å². The average Bonchev–Trinajstić information content (AvgIpc) is 2.44. The van der Waals surface area contributed by atoms with E-state index in [0.29, 0.717) is 12.8 Å². The van der Waals surface area contributed by atoms with Crippen molar-refractivity contribution in [1.29, 1.82) is 0 Å². The summed E-state index contributed by atoms with van der Waals surface area (Å²) in [4.78, 5) is 11.6. The number of esters is 1.